The van der Waals surface area contributed by atoms with Crippen molar-refractivity contribution in [1.29, 1.82) is 0 Å². The summed E-state index contributed by atoms with van der Waals surface area (Å²) in [4.78, 5) is 41.5. The van der Waals surface area contributed by atoms with Gasteiger partial charge in [0.2, 0.25) is 5.91 Å². The molecule has 1 N–H and O–H groups in total. The molecule has 0 saturated carbocycles. The molecule has 8 nitrogen and oxygen atoms in total. The van der Waals surface area contributed by atoms with Crippen LogP contribution in [0, 0.1) is 17.0 Å². The largest absolute Gasteiger partial charge is 0.325 e. The first-order valence-electron chi connectivity index (χ1n) is 10.7. The Kier molecular flexibility index (Phi) is 6.74. The first-order chi connectivity index (χ1) is 16.4. The second kappa shape index (κ2) is 9.88. The van der Waals surface area contributed by atoms with Gasteiger partial charge in [0.15, 0.2) is 5.16 Å². The van der Waals surface area contributed by atoms with Crippen LogP contribution < -0.4 is 10.9 Å². The number of nitro benzene ring substituents is 1. The molecule has 0 saturated heterocycles. The maximum absolute atomic E-state index is 13.4. The van der Waals surface area contributed by atoms with Gasteiger partial charge in [-0.25, -0.2) is 4.98 Å². The van der Waals surface area contributed by atoms with Crippen molar-refractivity contribution < 1.29 is 9.72 Å². The van der Waals surface area contributed by atoms with Crippen LogP contribution in [0.25, 0.3) is 16.6 Å². The predicted molar refractivity (Wildman–Crippen MR) is 134 cm³/mol. The van der Waals surface area contributed by atoms with Crippen LogP contribution in [0.1, 0.15) is 18.1 Å². The number of anilines is 1. The number of aromatic nitrogens is 2. The van der Waals surface area contributed by atoms with Crippen molar-refractivity contribution in [2.24, 2.45) is 0 Å². The molecule has 3 aromatic carbocycles. The predicted octanol–water partition coefficient (Wildman–Crippen LogP) is 4.90. The van der Waals surface area contributed by atoms with Gasteiger partial charge in [-0.05, 0) is 43.2 Å². The van der Waals surface area contributed by atoms with Crippen molar-refractivity contribution in [3.63, 3.8) is 0 Å². The number of hydrogen-bond donors (Lipinski definition) is 1. The Bertz CT molecular complexity index is 1470. The summed E-state index contributed by atoms with van der Waals surface area (Å²) < 4.78 is 1.55. The molecule has 4 rings (SSSR count). The molecule has 0 aliphatic carbocycles. The van der Waals surface area contributed by atoms with Crippen molar-refractivity contribution in [1.82, 2.24) is 9.55 Å². The van der Waals surface area contributed by atoms with Crippen LogP contribution in [0.2, 0.25) is 0 Å². The average Bonchev–Trinajstić information content (AvgIpc) is 2.84. The van der Waals surface area contributed by atoms with Gasteiger partial charge in [-0.3, -0.25) is 24.3 Å². The van der Waals surface area contributed by atoms with Gasteiger partial charge in [-0.15, -0.1) is 0 Å². The minimum atomic E-state index is -0.484. The SMILES string of the molecule is CCc1ccccc1-n1c(SCC(=O)Nc2cccc([N+](=O)[O-])c2C)nc2ccccc2c1=O. The van der Waals surface area contributed by atoms with Crippen LogP contribution in [-0.2, 0) is 11.2 Å². The van der Waals surface area contributed by atoms with Gasteiger partial charge in [0, 0.05) is 6.07 Å². The Morgan fingerprint density at radius 1 is 1.09 bits per heavy atom. The molecule has 1 amide bonds. The number of amides is 1. The fourth-order valence-corrected chi connectivity index (χ4v) is 4.53. The Hall–Kier alpha value is -3.98. The van der Waals surface area contributed by atoms with Crippen molar-refractivity contribution in [3.05, 3.63) is 98.3 Å². The molecule has 0 aliphatic rings. The zero-order chi connectivity index (χ0) is 24.2. The maximum atomic E-state index is 13.4. The van der Waals surface area contributed by atoms with E-state index in [1.54, 1.807) is 35.8 Å². The number of para-hydroxylation sites is 2. The van der Waals surface area contributed by atoms with E-state index in [2.05, 4.69) is 10.3 Å². The van der Waals surface area contributed by atoms with E-state index in [9.17, 15) is 19.7 Å². The standard InChI is InChI=1S/C25H22N4O4S/c1-3-17-9-4-7-13-22(17)28-24(31)18-10-5-6-11-20(18)27-25(28)34-15-23(30)26-19-12-8-14-21(16(19)2)29(32)33/h4-14H,3,15H2,1-2H3,(H,26,30). The molecule has 0 spiro atoms. The fourth-order valence-electron chi connectivity index (χ4n) is 3.72. The number of fused-ring (bicyclic) bond motifs is 1. The van der Waals surface area contributed by atoms with E-state index in [1.165, 1.54) is 12.1 Å². The minimum absolute atomic E-state index is 0.0266. The quantitative estimate of drug-likeness (QED) is 0.177. The van der Waals surface area contributed by atoms with E-state index >= 15 is 0 Å². The summed E-state index contributed by atoms with van der Waals surface area (Å²) in [5, 5.41) is 14.8. The van der Waals surface area contributed by atoms with Crippen LogP contribution in [-0.4, -0.2) is 26.1 Å². The van der Waals surface area contributed by atoms with Crippen LogP contribution in [0.4, 0.5) is 11.4 Å². The van der Waals surface area contributed by atoms with Crippen LogP contribution >= 0.6 is 11.8 Å². The van der Waals surface area contributed by atoms with E-state index < -0.39 is 4.92 Å². The summed E-state index contributed by atoms with van der Waals surface area (Å²) >= 11 is 1.14. The zero-order valence-electron chi connectivity index (χ0n) is 18.6. The highest BCUT2D eigenvalue weighted by Gasteiger charge is 2.18. The number of carbonyl (C=O) groups is 1. The van der Waals surface area contributed by atoms with Crippen molar-refractivity contribution in [3.8, 4) is 5.69 Å². The third-order valence-corrected chi connectivity index (χ3v) is 6.41. The van der Waals surface area contributed by atoms with E-state index in [1.807, 2.05) is 37.3 Å². The average molecular weight is 475 g/mol. The zero-order valence-corrected chi connectivity index (χ0v) is 19.5. The van der Waals surface area contributed by atoms with Gasteiger partial charge in [-0.1, -0.05) is 55.1 Å². The summed E-state index contributed by atoms with van der Waals surface area (Å²) in [6.45, 7) is 3.60. The Morgan fingerprint density at radius 3 is 2.59 bits per heavy atom. The number of carbonyl (C=O) groups excluding carboxylic acids is 1. The molecular formula is C25H22N4O4S. The molecule has 172 valence electrons. The lowest BCUT2D eigenvalue weighted by Gasteiger charge is -2.16. The summed E-state index contributed by atoms with van der Waals surface area (Å²) in [5.74, 6) is -0.382. The third-order valence-electron chi connectivity index (χ3n) is 5.47. The van der Waals surface area contributed by atoms with Gasteiger partial charge >= 0.3 is 0 Å². The molecule has 0 aliphatic heterocycles. The van der Waals surface area contributed by atoms with Crippen molar-refractivity contribution in [2.45, 2.75) is 25.4 Å². The lowest BCUT2D eigenvalue weighted by atomic mass is 10.1. The Labute approximate surface area is 199 Å². The number of nitrogens with one attached hydrogen (secondary N) is 1. The molecule has 0 unspecified atom stereocenters. The fraction of sp³-hybridized carbons (Fsp3) is 0.160. The summed E-state index contributed by atoms with van der Waals surface area (Å²) in [6.07, 6.45) is 0.728. The molecule has 0 bridgehead atoms. The number of aryl methyl sites for hydroxylation is 1. The first kappa shape index (κ1) is 23.2. The topological polar surface area (TPSA) is 107 Å². The summed E-state index contributed by atoms with van der Waals surface area (Å²) in [7, 11) is 0. The van der Waals surface area contributed by atoms with Crippen LogP contribution in [0.15, 0.2) is 76.7 Å². The third kappa shape index (κ3) is 4.55. The van der Waals surface area contributed by atoms with Crippen LogP contribution in [0.3, 0.4) is 0 Å². The monoisotopic (exact) mass is 474 g/mol. The molecule has 0 atom stereocenters. The highest BCUT2D eigenvalue weighted by Crippen LogP contribution is 2.27. The van der Waals surface area contributed by atoms with Gasteiger partial charge in [0.25, 0.3) is 11.2 Å². The normalized spacial score (nSPS) is 10.9. The van der Waals surface area contributed by atoms with Crippen molar-refractivity contribution in [2.75, 3.05) is 11.1 Å². The molecule has 34 heavy (non-hydrogen) atoms. The molecule has 1 heterocycles. The second-order valence-electron chi connectivity index (χ2n) is 7.58. The van der Waals surface area contributed by atoms with Crippen molar-refractivity contribution >= 4 is 39.9 Å². The number of hydrogen-bond acceptors (Lipinski definition) is 6. The number of rotatable bonds is 7. The van der Waals surface area contributed by atoms with Gasteiger partial charge in [0.05, 0.1) is 38.5 Å². The number of nitrogens with zero attached hydrogens (tertiary/aromatic N) is 3. The number of thioether (sulfide) groups is 1. The molecule has 0 fully saturated rings. The smallest absolute Gasteiger partial charge is 0.274 e. The minimum Gasteiger partial charge on any atom is -0.325 e. The molecule has 9 heteroatoms. The number of benzene rings is 3. The van der Waals surface area contributed by atoms with Crippen LogP contribution in [0.5, 0.6) is 0 Å². The molecule has 1 aromatic heterocycles. The maximum Gasteiger partial charge on any atom is 0.274 e. The van der Waals surface area contributed by atoms with Gasteiger partial charge < -0.3 is 5.32 Å². The highest BCUT2D eigenvalue weighted by atomic mass is 32.2. The molecule has 4 aromatic rings. The first-order valence-corrected chi connectivity index (χ1v) is 11.7. The molecule has 0 radical (unpaired) electrons. The van der Waals surface area contributed by atoms with E-state index in [4.69, 9.17) is 0 Å². The summed E-state index contributed by atoms with van der Waals surface area (Å²) in [5.41, 5.74) is 2.75. The number of nitro groups is 1. The Balaban J connectivity index is 1.68. The van der Waals surface area contributed by atoms with Gasteiger partial charge in [0.1, 0.15) is 0 Å². The summed E-state index contributed by atoms with van der Waals surface area (Å²) in [6, 6.07) is 19.3. The lowest BCUT2D eigenvalue weighted by Crippen LogP contribution is -2.24. The Morgan fingerprint density at radius 2 is 1.82 bits per heavy atom. The van der Waals surface area contributed by atoms with Gasteiger partial charge in [-0.2, -0.15) is 0 Å². The highest BCUT2D eigenvalue weighted by molar-refractivity contribution is 7.99. The van der Waals surface area contributed by atoms with E-state index in [0.717, 1.165) is 29.4 Å². The molecular weight excluding hydrogens is 452 g/mol. The second-order valence-corrected chi connectivity index (χ2v) is 8.52. The lowest BCUT2D eigenvalue weighted by molar-refractivity contribution is -0.385. The van der Waals surface area contributed by atoms with E-state index in [0.29, 0.717) is 27.3 Å². The van der Waals surface area contributed by atoms with E-state index in [-0.39, 0.29) is 22.9 Å².